The molecular weight excluding hydrogens is 388 g/mol. The first-order valence-electron chi connectivity index (χ1n) is 10.4. The number of fused-ring (bicyclic) bond motifs is 2. The number of aliphatic imine (C=N–C) groups is 1. The number of hydrogen-bond donors (Lipinski definition) is 2. The smallest absolute Gasteiger partial charge is 0.323 e. The van der Waals surface area contributed by atoms with Gasteiger partial charge in [0, 0.05) is 18.0 Å². The average Bonchev–Trinajstić information content (AvgIpc) is 3.36. The fourth-order valence-corrected chi connectivity index (χ4v) is 4.31. The minimum atomic E-state index is -0.975. The molecule has 2 aliphatic heterocycles. The summed E-state index contributed by atoms with van der Waals surface area (Å²) in [6.07, 6.45) is 4.59. The summed E-state index contributed by atoms with van der Waals surface area (Å²) in [5.74, 6) is 0.0905. The molecule has 4 rings (SSSR count). The second-order valence-electron chi connectivity index (χ2n) is 7.90. The number of carboxylic acids is 1. The number of carbonyl (C=O) groups excluding carboxylic acids is 2. The maximum atomic E-state index is 12.6. The van der Waals surface area contributed by atoms with E-state index >= 15 is 0 Å². The lowest BCUT2D eigenvalue weighted by molar-refractivity contribution is -0.146. The Labute approximate surface area is 174 Å². The molecule has 0 spiro atoms. The highest BCUT2D eigenvalue weighted by molar-refractivity contribution is 6.05. The molecule has 0 unspecified atom stereocenters. The molecule has 0 bridgehead atoms. The van der Waals surface area contributed by atoms with E-state index in [1.54, 1.807) is 0 Å². The number of hydrogen-bond acceptors (Lipinski definition) is 6. The van der Waals surface area contributed by atoms with E-state index in [0.717, 1.165) is 36.9 Å². The van der Waals surface area contributed by atoms with Crippen LogP contribution in [-0.4, -0.2) is 64.4 Å². The Bertz CT molecular complexity index is 878. The first-order valence-corrected chi connectivity index (χ1v) is 10.4. The van der Waals surface area contributed by atoms with E-state index < -0.39 is 5.97 Å². The van der Waals surface area contributed by atoms with Crippen LogP contribution in [0.25, 0.3) is 0 Å². The first kappa shape index (κ1) is 20.2. The fraction of sp³-hybridized carbons (Fsp3) is 0.524. The zero-order valence-corrected chi connectivity index (χ0v) is 16.8. The number of carboxylic acid groups (broad SMARTS) is 1. The Kier molecular flexibility index (Phi) is 5.87. The quantitative estimate of drug-likeness (QED) is 0.626. The first-order chi connectivity index (χ1) is 14.5. The predicted octanol–water partition coefficient (Wildman–Crippen LogP) is 1.63. The highest BCUT2D eigenvalue weighted by Crippen LogP contribution is 2.34. The van der Waals surface area contributed by atoms with E-state index in [2.05, 4.69) is 10.3 Å². The molecule has 0 aromatic heterocycles. The summed E-state index contributed by atoms with van der Waals surface area (Å²) >= 11 is 0. The van der Waals surface area contributed by atoms with Crippen molar-refractivity contribution in [2.75, 3.05) is 19.7 Å². The third kappa shape index (κ3) is 4.39. The Morgan fingerprint density at radius 2 is 2.07 bits per heavy atom. The summed E-state index contributed by atoms with van der Waals surface area (Å²) in [7, 11) is 0. The zero-order chi connectivity index (χ0) is 21.1. The van der Waals surface area contributed by atoms with Crippen LogP contribution in [0.2, 0.25) is 0 Å². The maximum absolute atomic E-state index is 12.6. The van der Waals surface area contributed by atoms with Crippen molar-refractivity contribution in [3.8, 4) is 5.75 Å². The zero-order valence-electron chi connectivity index (χ0n) is 16.8. The van der Waals surface area contributed by atoms with Crippen LogP contribution in [0.1, 0.15) is 44.1 Å². The minimum Gasteiger partial charge on any atom is -0.493 e. The summed E-state index contributed by atoms with van der Waals surface area (Å²) in [5, 5.41) is 11.9. The molecule has 30 heavy (non-hydrogen) atoms. The lowest BCUT2D eigenvalue weighted by Crippen LogP contribution is -2.42. The van der Waals surface area contributed by atoms with Gasteiger partial charge in [-0.15, -0.1) is 0 Å². The molecule has 1 saturated heterocycles. The van der Waals surface area contributed by atoms with Crippen LogP contribution in [0, 0.1) is 0 Å². The van der Waals surface area contributed by atoms with E-state index in [0.29, 0.717) is 31.3 Å². The number of nitrogens with zero attached hydrogens (tertiary/aromatic N) is 3. The van der Waals surface area contributed by atoms with Gasteiger partial charge in [-0.25, -0.2) is 4.99 Å². The second-order valence-corrected chi connectivity index (χ2v) is 7.90. The lowest BCUT2D eigenvalue weighted by atomic mass is 10.1. The Morgan fingerprint density at radius 3 is 2.83 bits per heavy atom. The van der Waals surface area contributed by atoms with Crippen LogP contribution in [-0.2, 0) is 20.9 Å². The highest BCUT2D eigenvalue weighted by Gasteiger charge is 2.31. The third-order valence-corrected chi connectivity index (χ3v) is 5.75. The number of ether oxygens (including phenoxy) is 1. The molecular formula is C21H26N4O5. The number of carbonyl (C=O) groups is 3. The van der Waals surface area contributed by atoms with Gasteiger partial charge in [-0.1, -0.05) is 18.9 Å². The number of benzene rings is 1. The molecule has 9 heteroatoms. The largest absolute Gasteiger partial charge is 0.493 e. The molecule has 2 amide bonds. The maximum Gasteiger partial charge on any atom is 0.323 e. The summed E-state index contributed by atoms with van der Waals surface area (Å²) in [4.78, 5) is 43.2. The molecule has 0 atom stereocenters. The monoisotopic (exact) mass is 414 g/mol. The van der Waals surface area contributed by atoms with Crippen molar-refractivity contribution < 1.29 is 24.2 Å². The van der Waals surface area contributed by atoms with E-state index in [1.165, 1.54) is 4.90 Å². The van der Waals surface area contributed by atoms with Crippen molar-refractivity contribution in [1.29, 1.82) is 0 Å². The van der Waals surface area contributed by atoms with Gasteiger partial charge in [-0.3, -0.25) is 19.7 Å². The van der Waals surface area contributed by atoms with Gasteiger partial charge in [0.1, 0.15) is 18.8 Å². The Morgan fingerprint density at radius 1 is 1.27 bits per heavy atom. The summed E-state index contributed by atoms with van der Waals surface area (Å²) in [6, 6.07) is 5.64. The number of rotatable bonds is 8. The fourth-order valence-electron chi connectivity index (χ4n) is 4.31. The summed E-state index contributed by atoms with van der Waals surface area (Å²) in [6.45, 7) is 0.929. The van der Waals surface area contributed by atoms with E-state index in [-0.39, 0.29) is 37.4 Å². The predicted molar refractivity (Wildman–Crippen MR) is 108 cm³/mol. The SMILES string of the molecule is O=C(O)CN(C(=O)CCCOc1cccc2c1CN1CC(=O)NC1=N2)C1CCCC1. The normalized spacial score (nSPS) is 17.8. The van der Waals surface area contributed by atoms with Crippen LogP contribution in [0.15, 0.2) is 23.2 Å². The molecule has 160 valence electrons. The van der Waals surface area contributed by atoms with Crippen molar-refractivity contribution in [2.24, 2.45) is 4.99 Å². The lowest BCUT2D eigenvalue weighted by Gasteiger charge is -2.27. The topological polar surface area (TPSA) is 112 Å². The van der Waals surface area contributed by atoms with E-state index in [4.69, 9.17) is 9.84 Å². The molecule has 2 heterocycles. The molecule has 2 N–H and O–H groups in total. The number of aliphatic carboxylic acids is 1. The van der Waals surface area contributed by atoms with Crippen LogP contribution >= 0.6 is 0 Å². The van der Waals surface area contributed by atoms with Crippen LogP contribution < -0.4 is 10.1 Å². The van der Waals surface area contributed by atoms with Gasteiger partial charge >= 0.3 is 5.97 Å². The summed E-state index contributed by atoms with van der Waals surface area (Å²) in [5.41, 5.74) is 1.69. The second kappa shape index (κ2) is 8.73. The van der Waals surface area contributed by atoms with Crippen molar-refractivity contribution in [3.05, 3.63) is 23.8 Å². The highest BCUT2D eigenvalue weighted by atomic mass is 16.5. The molecule has 1 saturated carbocycles. The molecule has 9 nitrogen and oxygen atoms in total. The van der Waals surface area contributed by atoms with Gasteiger partial charge in [0.05, 0.1) is 18.8 Å². The number of nitrogens with one attached hydrogen (secondary N) is 1. The molecule has 1 aliphatic carbocycles. The third-order valence-electron chi connectivity index (χ3n) is 5.75. The molecule has 2 fully saturated rings. The van der Waals surface area contributed by atoms with Gasteiger partial charge < -0.3 is 19.6 Å². The van der Waals surface area contributed by atoms with Gasteiger partial charge in [-0.05, 0) is 31.4 Å². The Hall–Kier alpha value is -3.10. The van der Waals surface area contributed by atoms with E-state index in [9.17, 15) is 14.4 Å². The van der Waals surface area contributed by atoms with Gasteiger partial charge in [0.25, 0.3) is 0 Å². The standard InChI is InChI=1S/C21H26N4O5/c26-18-12-24-11-15-16(22-21(24)23-18)7-3-8-17(15)30-10-4-9-19(27)25(13-20(28)29)14-5-1-2-6-14/h3,7-8,14H,1-2,4-6,9-13H2,(H,28,29)(H,22,23,26). The van der Waals surface area contributed by atoms with Gasteiger partial charge in [0.15, 0.2) is 0 Å². The molecule has 1 aromatic carbocycles. The number of amides is 2. The summed E-state index contributed by atoms with van der Waals surface area (Å²) < 4.78 is 5.93. The molecule has 3 aliphatic rings. The van der Waals surface area contributed by atoms with Crippen molar-refractivity contribution in [2.45, 2.75) is 51.1 Å². The van der Waals surface area contributed by atoms with Crippen LogP contribution in [0.5, 0.6) is 5.75 Å². The van der Waals surface area contributed by atoms with Crippen molar-refractivity contribution >= 4 is 29.4 Å². The van der Waals surface area contributed by atoms with Crippen LogP contribution in [0.3, 0.4) is 0 Å². The minimum absolute atomic E-state index is 0.0412. The van der Waals surface area contributed by atoms with E-state index in [1.807, 2.05) is 23.1 Å². The molecule has 0 radical (unpaired) electrons. The molecule has 1 aromatic rings. The van der Waals surface area contributed by atoms with Crippen molar-refractivity contribution in [3.63, 3.8) is 0 Å². The van der Waals surface area contributed by atoms with Crippen LogP contribution in [0.4, 0.5) is 5.69 Å². The number of guanidine groups is 1. The van der Waals surface area contributed by atoms with Gasteiger partial charge in [-0.2, -0.15) is 0 Å². The van der Waals surface area contributed by atoms with Gasteiger partial charge in [0.2, 0.25) is 17.8 Å². The van der Waals surface area contributed by atoms with Crippen molar-refractivity contribution in [1.82, 2.24) is 15.1 Å². The average molecular weight is 414 g/mol. The Balaban J connectivity index is 1.32.